The Morgan fingerprint density at radius 2 is 1.97 bits per heavy atom. The van der Waals surface area contributed by atoms with E-state index in [2.05, 4.69) is 41.1 Å². The van der Waals surface area contributed by atoms with Crippen molar-refractivity contribution in [3.63, 3.8) is 0 Å². The second kappa shape index (κ2) is 11.1. The standard InChI is InChI=1S/C20H34N4O4S.HI/c1-19(2)17(13-20(19,3)28-6)24-18(21-4)22-14-15-8-7-9-16(12-15)29(25,26)23-10-11-27-5;/h7-9,12,17,23H,10-11,13-14H2,1-6H3,(H2,21,22,24);1H. The summed E-state index contributed by atoms with van der Waals surface area (Å²) in [5.41, 5.74) is 0.640. The maximum atomic E-state index is 12.4. The fraction of sp³-hybridized carbons (Fsp3) is 0.650. The van der Waals surface area contributed by atoms with Gasteiger partial charge in [0.15, 0.2) is 5.96 Å². The number of sulfonamides is 1. The van der Waals surface area contributed by atoms with Gasteiger partial charge in [0.25, 0.3) is 0 Å². The van der Waals surface area contributed by atoms with Crippen molar-refractivity contribution in [2.24, 2.45) is 10.4 Å². The van der Waals surface area contributed by atoms with E-state index in [0.717, 1.165) is 12.0 Å². The van der Waals surface area contributed by atoms with Crippen LogP contribution in [0.2, 0.25) is 0 Å². The quantitative estimate of drug-likeness (QED) is 0.187. The molecule has 1 aliphatic carbocycles. The van der Waals surface area contributed by atoms with Crippen molar-refractivity contribution in [3.8, 4) is 0 Å². The third kappa shape index (κ3) is 6.06. The minimum atomic E-state index is -3.56. The molecule has 3 N–H and O–H groups in total. The molecular formula is C20H35IN4O4S. The first-order valence-electron chi connectivity index (χ1n) is 9.69. The summed E-state index contributed by atoms with van der Waals surface area (Å²) in [7, 11) is 1.43. The van der Waals surface area contributed by atoms with E-state index in [-0.39, 0.29) is 52.5 Å². The molecule has 30 heavy (non-hydrogen) atoms. The molecular weight excluding hydrogens is 519 g/mol. The molecule has 0 radical (unpaired) electrons. The average Bonchev–Trinajstić information content (AvgIpc) is 2.70. The van der Waals surface area contributed by atoms with Crippen molar-refractivity contribution in [3.05, 3.63) is 29.8 Å². The Morgan fingerprint density at radius 1 is 1.27 bits per heavy atom. The first kappa shape index (κ1) is 27.1. The van der Waals surface area contributed by atoms with E-state index in [1.807, 2.05) is 6.07 Å². The molecule has 172 valence electrons. The molecule has 0 spiro atoms. The van der Waals surface area contributed by atoms with Crippen molar-refractivity contribution in [2.75, 3.05) is 34.4 Å². The number of nitrogens with zero attached hydrogens (tertiary/aromatic N) is 1. The van der Waals surface area contributed by atoms with Crippen molar-refractivity contribution >= 4 is 40.0 Å². The number of ether oxygens (including phenoxy) is 2. The number of guanidine groups is 1. The van der Waals surface area contributed by atoms with Crippen LogP contribution in [0.3, 0.4) is 0 Å². The molecule has 1 fully saturated rings. The molecule has 0 bridgehead atoms. The maximum Gasteiger partial charge on any atom is 0.240 e. The molecule has 1 aromatic rings. The highest BCUT2D eigenvalue weighted by Gasteiger charge is 2.58. The summed E-state index contributed by atoms with van der Waals surface area (Å²) in [6, 6.07) is 7.08. The lowest BCUT2D eigenvalue weighted by Gasteiger charge is -2.59. The lowest BCUT2D eigenvalue weighted by Crippen LogP contribution is -2.69. The van der Waals surface area contributed by atoms with Crippen LogP contribution in [0, 0.1) is 5.41 Å². The molecule has 2 rings (SSSR count). The van der Waals surface area contributed by atoms with Gasteiger partial charge in [0.2, 0.25) is 10.0 Å². The molecule has 1 aliphatic rings. The molecule has 1 saturated carbocycles. The summed E-state index contributed by atoms with van der Waals surface area (Å²) < 4.78 is 37.8. The first-order chi connectivity index (χ1) is 13.6. The molecule has 2 atom stereocenters. The van der Waals surface area contributed by atoms with Crippen LogP contribution in [0.25, 0.3) is 0 Å². The number of rotatable bonds is 9. The highest BCUT2D eigenvalue weighted by Crippen LogP contribution is 2.51. The molecule has 0 amide bonds. The zero-order chi connectivity index (χ0) is 21.7. The summed E-state index contributed by atoms with van der Waals surface area (Å²) >= 11 is 0. The van der Waals surface area contributed by atoms with Gasteiger partial charge in [0, 0.05) is 45.8 Å². The van der Waals surface area contributed by atoms with Crippen LogP contribution < -0.4 is 15.4 Å². The third-order valence-electron chi connectivity index (χ3n) is 6.08. The Hall–Kier alpha value is -0.950. The van der Waals surface area contributed by atoms with Gasteiger partial charge >= 0.3 is 0 Å². The lowest BCUT2D eigenvalue weighted by molar-refractivity contribution is -0.176. The largest absolute Gasteiger partial charge is 0.383 e. The minimum Gasteiger partial charge on any atom is -0.383 e. The summed E-state index contributed by atoms with van der Waals surface area (Å²) in [5, 5.41) is 6.71. The van der Waals surface area contributed by atoms with Gasteiger partial charge in [-0.25, -0.2) is 13.1 Å². The van der Waals surface area contributed by atoms with E-state index in [4.69, 9.17) is 9.47 Å². The molecule has 8 nitrogen and oxygen atoms in total. The summed E-state index contributed by atoms with van der Waals surface area (Å²) in [5.74, 6) is 0.674. The van der Waals surface area contributed by atoms with E-state index in [1.54, 1.807) is 32.4 Å². The van der Waals surface area contributed by atoms with E-state index < -0.39 is 10.0 Å². The highest BCUT2D eigenvalue weighted by molar-refractivity contribution is 14.0. The van der Waals surface area contributed by atoms with Crippen LogP contribution in [0.5, 0.6) is 0 Å². The molecule has 0 aromatic heterocycles. The van der Waals surface area contributed by atoms with Gasteiger partial charge in [0.05, 0.1) is 17.1 Å². The first-order valence-corrected chi connectivity index (χ1v) is 11.2. The minimum absolute atomic E-state index is 0. The second-order valence-corrected chi connectivity index (χ2v) is 9.79. The van der Waals surface area contributed by atoms with Gasteiger partial charge in [-0.2, -0.15) is 0 Å². The van der Waals surface area contributed by atoms with Crippen LogP contribution in [0.15, 0.2) is 34.2 Å². The molecule has 10 heteroatoms. The SMILES string of the molecule is CN=C(NCc1cccc(S(=O)(=O)NCCOC)c1)NC1CC(C)(OC)C1(C)C.I. The predicted molar refractivity (Wildman–Crippen MR) is 130 cm³/mol. The number of benzene rings is 1. The number of aliphatic imine (C=N–C) groups is 1. The summed E-state index contributed by atoms with van der Waals surface area (Å²) in [6.07, 6.45) is 0.887. The molecule has 0 saturated heterocycles. The van der Waals surface area contributed by atoms with Crippen molar-refractivity contribution < 1.29 is 17.9 Å². The topological polar surface area (TPSA) is 101 Å². The normalized spacial score (nSPS) is 23.3. The van der Waals surface area contributed by atoms with Crippen molar-refractivity contribution in [1.29, 1.82) is 0 Å². The fourth-order valence-corrected chi connectivity index (χ4v) is 4.54. The van der Waals surface area contributed by atoms with Crippen molar-refractivity contribution in [1.82, 2.24) is 15.4 Å². The number of hydrogen-bond acceptors (Lipinski definition) is 5. The number of halogens is 1. The Labute approximate surface area is 197 Å². The molecule has 2 unspecified atom stereocenters. The lowest BCUT2D eigenvalue weighted by atomic mass is 9.56. The number of methoxy groups -OCH3 is 2. The van der Waals surface area contributed by atoms with E-state index in [0.29, 0.717) is 19.1 Å². The molecule has 0 aliphatic heterocycles. The van der Waals surface area contributed by atoms with E-state index >= 15 is 0 Å². The van der Waals surface area contributed by atoms with Gasteiger partial charge < -0.3 is 20.1 Å². The fourth-order valence-electron chi connectivity index (χ4n) is 3.45. The maximum absolute atomic E-state index is 12.4. The van der Waals surface area contributed by atoms with Crippen LogP contribution in [0.1, 0.15) is 32.8 Å². The van der Waals surface area contributed by atoms with Gasteiger partial charge in [0.1, 0.15) is 0 Å². The average molecular weight is 554 g/mol. The van der Waals surface area contributed by atoms with Crippen LogP contribution in [0.4, 0.5) is 0 Å². The smallest absolute Gasteiger partial charge is 0.240 e. The van der Waals surface area contributed by atoms with Crippen LogP contribution >= 0.6 is 24.0 Å². The van der Waals surface area contributed by atoms with Gasteiger partial charge in [-0.15, -0.1) is 24.0 Å². The molecule has 1 aromatic carbocycles. The van der Waals surface area contributed by atoms with Gasteiger partial charge in [-0.05, 0) is 31.0 Å². The van der Waals surface area contributed by atoms with E-state index in [1.165, 1.54) is 7.11 Å². The number of nitrogens with one attached hydrogen (secondary N) is 3. The van der Waals surface area contributed by atoms with Gasteiger partial charge in [-0.3, -0.25) is 4.99 Å². The second-order valence-electron chi connectivity index (χ2n) is 8.02. The Kier molecular flexibility index (Phi) is 10.00. The van der Waals surface area contributed by atoms with E-state index in [9.17, 15) is 8.42 Å². The highest BCUT2D eigenvalue weighted by atomic mass is 127. The van der Waals surface area contributed by atoms with Crippen molar-refractivity contribution in [2.45, 2.75) is 50.3 Å². The van der Waals surface area contributed by atoms with Gasteiger partial charge in [-0.1, -0.05) is 26.0 Å². The third-order valence-corrected chi connectivity index (χ3v) is 7.54. The monoisotopic (exact) mass is 554 g/mol. The summed E-state index contributed by atoms with van der Waals surface area (Å²) in [4.78, 5) is 4.52. The predicted octanol–water partition coefficient (Wildman–Crippen LogP) is 2.10. The molecule has 0 heterocycles. The number of hydrogen-bond donors (Lipinski definition) is 3. The Balaban J connectivity index is 0.00000450. The van der Waals surface area contributed by atoms with Crippen LogP contribution in [-0.2, 0) is 26.0 Å². The van der Waals surface area contributed by atoms with Crippen LogP contribution in [-0.4, -0.2) is 60.4 Å². The zero-order valence-electron chi connectivity index (χ0n) is 18.6. The Morgan fingerprint density at radius 3 is 2.53 bits per heavy atom. The Bertz CT molecular complexity index is 832. The summed E-state index contributed by atoms with van der Waals surface area (Å²) in [6.45, 7) is 7.48. The zero-order valence-corrected chi connectivity index (χ0v) is 21.8.